The van der Waals surface area contributed by atoms with Crippen molar-refractivity contribution in [2.75, 3.05) is 0 Å². The van der Waals surface area contributed by atoms with E-state index in [1.54, 1.807) is 6.92 Å². The van der Waals surface area contributed by atoms with Gasteiger partial charge in [0, 0.05) is 5.02 Å². The maximum absolute atomic E-state index is 11.9. The summed E-state index contributed by atoms with van der Waals surface area (Å²) in [4.78, 5) is 4.06. The lowest BCUT2D eigenvalue weighted by molar-refractivity contribution is 0.463. The molecule has 1 N–H and O–H groups in total. The maximum atomic E-state index is 11.9. The first kappa shape index (κ1) is 13.1. The average molecular weight is 287 g/mol. The predicted molar refractivity (Wildman–Crippen MR) is 66.7 cm³/mol. The highest BCUT2D eigenvalue weighted by molar-refractivity contribution is 7.89. The van der Waals surface area contributed by atoms with Crippen LogP contribution in [0.3, 0.4) is 0 Å². The number of hydrogen-bond donors (Lipinski definition) is 1. The molecule has 0 aliphatic heterocycles. The normalized spacial score (nSPS) is 11.7. The minimum Gasteiger partial charge on any atom is -0.445 e. The van der Waals surface area contributed by atoms with Crippen LogP contribution in [0, 0.1) is 6.92 Å². The van der Waals surface area contributed by atoms with Crippen LogP contribution < -0.4 is 4.72 Å². The number of oxazole rings is 1. The number of benzene rings is 1. The summed E-state index contributed by atoms with van der Waals surface area (Å²) in [6, 6.07) is 5.91. The number of sulfonamides is 1. The van der Waals surface area contributed by atoms with E-state index in [2.05, 4.69) is 9.71 Å². The molecule has 0 spiro atoms. The van der Waals surface area contributed by atoms with Crippen molar-refractivity contribution in [1.82, 2.24) is 9.71 Å². The van der Waals surface area contributed by atoms with Crippen molar-refractivity contribution in [3.05, 3.63) is 47.1 Å². The minimum atomic E-state index is -3.57. The Morgan fingerprint density at radius 2 is 2.00 bits per heavy atom. The van der Waals surface area contributed by atoms with Crippen molar-refractivity contribution in [3.8, 4) is 0 Å². The summed E-state index contributed by atoms with van der Waals surface area (Å²) >= 11 is 5.70. The molecule has 0 atom stereocenters. The van der Waals surface area contributed by atoms with Gasteiger partial charge in [0.1, 0.15) is 5.76 Å². The molecule has 1 aromatic carbocycles. The maximum Gasteiger partial charge on any atom is 0.241 e. The third kappa shape index (κ3) is 3.10. The zero-order chi connectivity index (χ0) is 13.2. The van der Waals surface area contributed by atoms with Gasteiger partial charge in [-0.1, -0.05) is 11.6 Å². The monoisotopic (exact) mass is 286 g/mol. The Bertz CT molecular complexity index is 635. The zero-order valence-electron chi connectivity index (χ0n) is 9.55. The van der Waals surface area contributed by atoms with Crippen molar-refractivity contribution in [2.24, 2.45) is 0 Å². The molecule has 0 bridgehead atoms. The molecule has 7 heteroatoms. The molecule has 0 unspecified atom stereocenters. The highest BCUT2D eigenvalue weighted by Crippen LogP contribution is 2.14. The average Bonchev–Trinajstić information content (AvgIpc) is 2.73. The lowest BCUT2D eigenvalue weighted by Crippen LogP contribution is -2.23. The van der Waals surface area contributed by atoms with Gasteiger partial charge in [0.25, 0.3) is 0 Å². The van der Waals surface area contributed by atoms with Crippen LogP contribution in [0.5, 0.6) is 0 Å². The van der Waals surface area contributed by atoms with Gasteiger partial charge in [-0.3, -0.25) is 0 Å². The summed E-state index contributed by atoms with van der Waals surface area (Å²) in [5.74, 6) is 0.959. The smallest absolute Gasteiger partial charge is 0.241 e. The molecule has 0 aliphatic rings. The predicted octanol–water partition coefficient (Wildman–Crippen LogP) is 2.11. The summed E-state index contributed by atoms with van der Waals surface area (Å²) in [6.07, 6.45) is 1.53. The first-order chi connectivity index (χ1) is 8.47. The highest BCUT2D eigenvalue weighted by Gasteiger charge is 2.14. The van der Waals surface area contributed by atoms with Gasteiger partial charge in [0.2, 0.25) is 15.9 Å². The van der Waals surface area contributed by atoms with E-state index in [1.807, 2.05) is 0 Å². The second kappa shape index (κ2) is 5.09. The molecule has 0 amide bonds. The van der Waals surface area contributed by atoms with Crippen LogP contribution >= 0.6 is 11.6 Å². The molecule has 1 aromatic heterocycles. The Morgan fingerprint density at radius 1 is 1.33 bits per heavy atom. The fourth-order valence-corrected chi connectivity index (χ4v) is 2.44. The van der Waals surface area contributed by atoms with Gasteiger partial charge >= 0.3 is 0 Å². The number of nitrogens with zero attached hydrogens (tertiary/aromatic N) is 1. The second-order valence-corrected chi connectivity index (χ2v) is 5.85. The van der Waals surface area contributed by atoms with Crippen molar-refractivity contribution < 1.29 is 12.8 Å². The molecule has 96 valence electrons. The minimum absolute atomic E-state index is 0.0127. The van der Waals surface area contributed by atoms with Gasteiger partial charge in [-0.2, -0.15) is 0 Å². The second-order valence-electron chi connectivity index (χ2n) is 3.64. The third-order valence-electron chi connectivity index (χ3n) is 2.21. The lowest BCUT2D eigenvalue weighted by Gasteiger charge is -2.04. The fourth-order valence-electron chi connectivity index (χ4n) is 1.34. The number of aryl methyl sites for hydroxylation is 1. The number of aromatic nitrogens is 1. The molecule has 0 saturated carbocycles. The summed E-state index contributed by atoms with van der Waals surface area (Å²) in [6.45, 7) is 1.75. The van der Waals surface area contributed by atoms with Gasteiger partial charge in [0.05, 0.1) is 17.6 Å². The summed E-state index contributed by atoms with van der Waals surface area (Å²) < 4.78 is 31.4. The molecule has 0 aliphatic carbocycles. The van der Waals surface area contributed by atoms with Gasteiger partial charge in [-0.25, -0.2) is 18.1 Å². The van der Waals surface area contributed by atoms with Crippen LogP contribution in [0.1, 0.15) is 11.7 Å². The first-order valence-electron chi connectivity index (χ1n) is 5.14. The SMILES string of the molecule is Cc1cnc(CNS(=O)(=O)c2ccc(Cl)cc2)o1. The Balaban J connectivity index is 2.10. The molecule has 18 heavy (non-hydrogen) atoms. The van der Waals surface area contributed by atoms with E-state index in [0.29, 0.717) is 16.7 Å². The lowest BCUT2D eigenvalue weighted by atomic mass is 10.4. The largest absolute Gasteiger partial charge is 0.445 e. The van der Waals surface area contributed by atoms with E-state index in [1.165, 1.54) is 30.5 Å². The van der Waals surface area contributed by atoms with Gasteiger partial charge < -0.3 is 4.42 Å². The molecule has 0 radical (unpaired) electrons. The zero-order valence-corrected chi connectivity index (χ0v) is 11.1. The molecule has 1 heterocycles. The van der Waals surface area contributed by atoms with E-state index in [0.717, 1.165) is 0 Å². The van der Waals surface area contributed by atoms with Crippen LogP contribution in [-0.2, 0) is 16.6 Å². The van der Waals surface area contributed by atoms with E-state index in [9.17, 15) is 8.42 Å². The van der Waals surface area contributed by atoms with Gasteiger partial charge in [-0.05, 0) is 31.2 Å². The Hall–Kier alpha value is -1.37. The molecular weight excluding hydrogens is 276 g/mol. The molecule has 2 rings (SSSR count). The molecule has 0 fully saturated rings. The molecule has 2 aromatic rings. The quantitative estimate of drug-likeness (QED) is 0.934. The number of hydrogen-bond acceptors (Lipinski definition) is 4. The van der Waals surface area contributed by atoms with E-state index >= 15 is 0 Å². The van der Waals surface area contributed by atoms with Crippen molar-refractivity contribution in [3.63, 3.8) is 0 Å². The fraction of sp³-hybridized carbons (Fsp3) is 0.182. The summed E-state index contributed by atoms with van der Waals surface area (Å²) in [5, 5.41) is 0.484. The molecular formula is C11H11ClN2O3S. The van der Waals surface area contributed by atoms with Crippen LogP contribution in [0.2, 0.25) is 5.02 Å². The number of halogens is 1. The Labute approximate surface area is 110 Å². The molecule has 0 saturated heterocycles. The van der Waals surface area contributed by atoms with Crippen LogP contribution in [-0.4, -0.2) is 13.4 Å². The van der Waals surface area contributed by atoms with Crippen molar-refractivity contribution in [2.45, 2.75) is 18.4 Å². The summed E-state index contributed by atoms with van der Waals surface area (Å²) in [5.41, 5.74) is 0. The van der Waals surface area contributed by atoms with Crippen molar-refractivity contribution >= 4 is 21.6 Å². The van der Waals surface area contributed by atoms with E-state index in [-0.39, 0.29) is 11.4 Å². The third-order valence-corrected chi connectivity index (χ3v) is 3.88. The summed E-state index contributed by atoms with van der Waals surface area (Å²) in [7, 11) is -3.57. The van der Waals surface area contributed by atoms with Gasteiger partial charge in [-0.15, -0.1) is 0 Å². The molecule has 5 nitrogen and oxygen atoms in total. The van der Waals surface area contributed by atoms with Crippen LogP contribution in [0.15, 0.2) is 39.8 Å². The van der Waals surface area contributed by atoms with Crippen LogP contribution in [0.25, 0.3) is 0 Å². The van der Waals surface area contributed by atoms with Crippen LogP contribution in [0.4, 0.5) is 0 Å². The topological polar surface area (TPSA) is 72.2 Å². The Morgan fingerprint density at radius 3 is 2.56 bits per heavy atom. The van der Waals surface area contributed by atoms with Gasteiger partial charge in [0.15, 0.2) is 0 Å². The van der Waals surface area contributed by atoms with E-state index < -0.39 is 10.0 Å². The standard InChI is InChI=1S/C11H11ClN2O3S/c1-8-6-13-11(17-8)7-14-18(15,16)10-4-2-9(12)3-5-10/h2-6,14H,7H2,1H3. The van der Waals surface area contributed by atoms with E-state index in [4.69, 9.17) is 16.0 Å². The number of nitrogens with one attached hydrogen (secondary N) is 1. The first-order valence-corrected chi connectivity index (χ1v) is 7.00. The Kier molecular flexibility index (Phi) is 3.70. The van der Waals surface area contributed by atoms with Crippen molar-refractivity contribution in [1.29, 1.82) is 0 Å². The number of rotatable bonds is 4. The highest BCUT2D eigenvalue weighted by atomic mass is 35.5.